The minimum Gasteiger partial charge on any atom is -0.444 e. The number of nitrogens with two attached hydrogens (primary N) is 1. The Balaban J connectivity index is 1.41. The summed E-state index contributed by atoms with van der Waals surface area (Å²) >= 11 is 0. The van der Waals surface area contributed by atoms with Gasteiger partial charge in [-0.15, -0.1) is 0 Å². The van der Waals surface area contributed by atoms with Crippen molar-refractivity contribution in [2.24, 2.45) is 23.5 Å². The van der Waals surface area contributed by atoms with Crippen molar-refractivity contribution in [2.45, 2.75) is 38.1 Å². The Morgan fingerprint density at radius 1 is 1.17 bits per heavy atom. The van der Waals surface area contributed by atoms with Gasteiger partial charge in [0.15, 0.2) is 12.2 Å². The highest BCUT2D eigenvalue weighted by atomic mass is 16.3. The third-order valence-corrected chi connectivity index (χ3v) is 5.65. The normalized spacial score (nSPS) is 29.2. The van der Waals surface area contributed by atoms with Gasteiger partial charge in [-0.3, -0.25) is 4.79 Å². The molecule has 2 aliphatic carbocycles. The molecule has 126 valence electrons. The molecule has 2 unspecified atom stereocenters. The molecule has 2 aliphatic rings. The fraction of sp³-hybridized carbons (Fsp3) is 0.474. The lowest BCUT2D eigenvalue weighted by molar-refractivity contribution is -0.122. The highest BCUT2D eigenvalue weighted by Crippen LogP contribution is 2.42. The van der Waals surface area contributed by atoms with Crippen molar-refractivity contribution in [3.8, 4) is 11.3 Å². The molecule has 0 saturated heterocycles. The molecule has 3 N–H and O–H groups in total. The molecule has 0 spiro atoms. The number of rotatable bonds is 3. The molecule has 5 nitrogen and oxygen atoms in total. The van der Waals surface area contributed by atoms with E-state index >= 15 is 0 Å². The van der Waals surface area contributed by atoms with Gasteiger partial charge in [0.1, 0.15) is 0 Å². The van der Waals surface area contributed by atoms with Gasteiger partial charge in [-0.05, 0) is 61.8 Å². The summed E-state index contributed by atoms with van der Waals surface area (Å²) in [6.45, 7) is 0. The Morgan fingerprint density at radius 3 is 2.50 bits per heavy atom. The number of oxazole rings is 1. The van der Waals surface area contributed by atoms with E-state index in [2.05, 4.69) is 10.3 Å². The molecule has 0 aliphatic heterocycles. The van der Waals surface area contributed by atoms with E-state index in [0.29, 0.717) is 17.9 Å². The van der Waals surface area contributed by atoms with Crippen LogP contribution >= 0.6 is 0 Å². The van der Waals surface area contributed by atoms with Crippen LogP contribution in [0.1, 0.15) is 32.1 Å². The first-order valence-corrected chi connectivity index (χ1v) is 8.76. The Bertz CT molecular complexity index is 682. The molecule has 2 bridgehead atoms. The first kappa shape index (κ1) is 15.4. The fourth-order valence-corrected chi connectivity index (χ4v) is 4.32. The van der Waals surface area contributed by atoms with Gasteiger partial charge in [0.05, 0.1) is 6.20 Å². The van der Waals surface area contributed by atoms with E-state index < -0.39 is 0 Å². The van der Waals surface area contributed by atoms with E-state index in [4.69, 9.17) is 10.2 Å². The van der Waals surface area contributed by atoms with Crippen molar-refractivity contribution in [1.29, 1.82) is 0 Å². The molecule has 1 aromatic carbocycles. The quantitative estimate of drug-likeness (QED) is 0.906. The highest BCUT2D eigenvalue weighted by molar-refractivity contribution is 5.92. The summed E-state index contributed by atoms with van der Waals surface area (Å²) < 4.78 is 5.28. The van der Waals surface area contributed by atoms with Gasteiger partial charge >= 0.3 is 0 Å². The standard InChI is InChI=1S/C19H23N3O2/c20-18-13-2-1-3-14(18)9-15(8-13)19(23)22-16-6-4-12(5-7-16)17-10-21-11-24-17/h4-7,10-11,13-15,18H,1-3,8-9,20H2,(H,22,23). The number of aromatic nitrogens is 1. The van der Waals surface area contributed by atoms with Gasteiger partial charge < -0.3 is 15.5 Å². The number of anilines is 1. The molecule has 1 aromatic heterocycles. The van der Waals surface area contributed by atoms with E-state index in [0.717, 1.165) is 29.9 Å². The minimum atomic E-state index is 0.0917. The van der Waals surface area contributed by atoms with Crippen LogP contribution < -0.4 is 11.1 Å². The Kier molecular flexibility index (Phi) is 4.10. The molecule has 24 heavy (non-hydrogen) atoms. The smallest absolute Gasteiger partial charge is 0.227 e. The van der Waals surface area contributed by atoms with E-state index in [1.54, 1.807) is 6.20 Å². The summed E-state index contributed by atoms with van der Waals surface area (Å²) in [5, 5.41) is 3.06. The van der Waals surface area contributed by atoms with Crippen molar-refractivity contribution in [1.82, 2.24) is 4.98 Å². The average Bonchev–Trinajstić information content (AvgIpc) is 3.09. The topological polar surface area (TPSA) is 81.2 Å². The molecule has 4 rings (SSSR count). The molecule has 2 atom stereocenters. The molecule has 2 aromatic rings. The number of amides is 1. The number of carbonyl (C=O) groups is 1. The zero-order chi connectivity index (χ0) is 16.5. The van der Waals surface area contributed by atoms with Crippen LogP contribution in [0.15, 0.2) is 41.3 Å². The maximum atomic E-state index is 12.6. The van der Waals surface area contributed by atoms with Crippen LogP contribution in [0.25, 0.3) is 11.3 Å². The molecule has 1 amide bonds. The van der Waals surface area contributed by atoms with Crippen molar-refractivity contribution in [2.75, 3.05) is 5.32 Å². The monoisotopic (exact) mass is 325 g/mol. The van der Waals surface area contributed by atoms with Gasteiger partial charge in [0.2, 0.25) is 5.91 Å². The van der Waals surface area contributed by atoms with Crippen LogP contribution in [-0.2, 0) is 4.79 Å². The van der Waals surface area contributed by atoms with Gasteiger partial charge in [-0.2, -0.15) is 0 Å². The molecular weight excluding hydrogens is 302 g/mol. The second-order valence-corrected chi connectivity index (χ2v) is 7.13. The largest absolute Gasteiger partial charge is 0.444 e. The number of carbonyl (C=O) groups excluding carboxylic acids is 1. The number of benzene rings is 1. The van der Waals surface area contributed by atoms with Gasteiger partial charge in [-0.1, -0.05) is 6.42 Å². The van der Waals surface area contributed by atoms with Gasteiger partial charge in [0.25, 0.3) is 0 Å². The predicted octanol–water partition coefficient (Wildman–Crippen LogP) is 3.43. The summed E-state index contributed by atoms with van der Waals surface area (Å²) in [5.41, 5.74) is 8.09. The average molecular weight is 325 g/mol. The zero-order valence-corrected chi connectivity index (χ0v) is 13.7. The summed E-state index contributed by atoms with van der Waals surface area (Å²) in [5.74, 6) is 1.98. The van der Waals surface area contributed by atoms with E-state index in [1.807, 2.05) is 24.3 Å². The minimum absolute atomic E-state index is 0.0917. The summed E-state index contributed by atoms with van der Waals surface area (Å²) in [6.07, 6.45) is 8.56. The number of hydrogen-bond acceptors (Lipinski definition) is 4. The Labute approximate surface area is 141 Å². The van der Waals surface area contributed by atoms with Crippen LogP contribution in [0.3, 0.4) is 0 Å². The van der Waals surface area contributed by atoms with Crippen LogP contribution in [0, 0.1) is 17.8 Å². The predicted molar refractivity (Wildman–Crippen MR) is 92.1 cm³/mol. The number of hydrogen-bond donors (Lipinski definition) is 2. The van der Waals surface area contributed by atoms with E-state index in [1.165, 1.54) is 25.7 Å². The summed E-state index contributed by atoms with van der Waals surface area (Å²) in [7, 11) is 0. The molecule has 2 saturated carbocycles. The number of fused-ring (bicyclic) bond motifs is 2. The maximum Gasteiger partial charge on any atom is 0.227 e. The van der Waals surface area contributed by atoms with Crippen molar-refractivity contribution < 1.29 is 9.21 Å². The third kappa shape index (κ3) is 2.96. The van der Waals surface area contributed by atoms with Crippen molar-refractivity contribution in [3.63, 3.8) is 0 Å². The lowest BCUT2D eigenvalue weighted by atomic mass is 9.65. The second kappa shape index (κ2) is 6.40. The first-order valence-electron chi connectivity index (χ1n) is 8.76. The SMILES string of the molecule is NC1C2CCCC1CC(C(=O)Nc1ccc(-c3cnco3)cc1)C2. The third-order valence-electron chi connectivity index (χ3n) is 5.65. The second-order valence-electron chi connectivity index (χ2n) is 7.13. The summed E-state index contributed by atoms with van der Waals surface area (Å²) in [4.78, 5) is 16.6. The lowest BCUT2D eigenvalue weighted by Gasteiger charge is -2.43. The van der Waals surface area contributed by atoms with Crippen LogP contribution in [-0.4, -0.2) is 16.9 Å². The molecule has 1 heterocycles. The molecule has 2 fully saturated rings. The molecular formula is C19H23N3O2. The maximum absolute atomic E-state index is 12.6. The lowest BCUT2D eigenvalue weighted by Crippen LogP contribution is -2.48. The number of nitrogens with zero attached hydrogens (tertiary/aromatic N) is 1. The zero-order valence-electron chi connectivity index (χ0n) is 13.7. The summed E-state index contributed by atoms with van der Waals surface area (Å²) in [6, 6.07) is 7.98. The Hall–Kier alpha value is -2.14. The van der Waals surface area contributed by atoms with Crippen LogP contribution in [0.5, 0.6) is 0 Å². The van der Waals surface area contributed by atoms with E-state index in [-0.39, 0.29) is 11.8 Å². The fourth-order valence-electron chi connectivity index (χ4n) is 4.32. The van der Waals surface area contributed by atoms with Crippen molar-refractivity contribution in [3.05, 3.63) is 36.9 Å². The van der Waals surface area contributed by atoms with Crippen LogP contribution in [0.2, 0.25) is 0 Å². The van der Waals surface area contributed by atoms with E-state index in [9.17, 15) is 4.79 Å². The van der Waals surface area contributed by atoms with Gasteiger partial charge in [-0.25, -0.2) is 4.98 Å². The molecule has 5 heteroatoms. The van der Waals surface area contributed by atoms with Crippen LogP contribution in [0.4, 0.5) is 5.69 Å². The first-order chi connectivity index (χ1) is 11.7. The highest BCUT2D eigenvalue weighted by Gasteiger charge is 2.40. The Morgan fingerprint density at radius 2 is 1.88 bits per heavy atom. The van der Waals surface area contributed by atoms with Crippen molar-refractivity contribution >= 4 is 11.6 Å². The van der Waals surface area contributed by atoms with Gasteiger partial charge in [0, 0.05) is 23.2 Å². The molecule has 0 radical (unpaired) electrons. The number of nitrogens with one attached hydrogen (secondary N) is 1.